The molecular formula is C21H22F3N3O2. The number of hydrogen-bond donors (Lipinski definition) is 1. The maximum atomic E-state index is 14.4. The third-order valence-corrected chi connectivity index (χ3v) is 5.34. The van der Waals surface area contributed by atoms with Crippen molar-refractivity contribution in [3.63, 3.8) is 0 Å². The van der Waals surface area contributed by atoms with Gasteiger partial charge in [0.1, 0.15) is 5.82 Å². The van der Waals surface area contributed by atoms with Crippen molar-refractivity contribution in [1.82, 2.24) is 9.88 Å². The van der Waals surface area contributed by atoms with Gasteiger partial charge in [0.25, 0.3) is 5.92 Å². The fourth-order valence-electron chi connectivity index (χ4n) is 3.36. The van der Waals surface area contributed by atoms with Crippen LogP contribution in [0.2, 0.25) is 0 Å². The Hall–Kier alpha value is -2.90. The Morgan fingerprint density at radius 1 is 1.21 bits per heavy atom. The Morgan fingerprint density at radius 2 is 1.86 bits per heavy atom. The van der Waals surface area contributed by atoms with Gasteiger partial charge in [-0.3, -0.25) is 14.6 Å². The quantitative estimate of drug-likeness (QED) is 0.768. The van der Waals surface area contributed by atoms with Gasteiger partial charge in [-0.1, -0.05) is 19.1 Å². The van der Waals surface area contributed by atoms with Crippen molar-refractivity contribution in [1.29, 1.82) is 0 Å². The van der Waals surface area contributed by atoms with Gasteiger partial charge in [-0.05, 0) is 43.2 Å². The van der Waals surface area contributed by atoms with Crippen molar-refractivity contribution < 1.29 is 22.8 Å². The van der Waals surface area contributed by atoms with Crippen LogP contribution in [-0.4, -0.2) is 34.2 Å². The number of nitrogens with one attached hydrogen (secondary N) is 1. The maximum Gasteiger partial charge on any atom is 0.313 e. The van der Waals surface area contributed by atoms with Gasteiger partial charge in [0, 0.05) is 24.6 Å². The molecule has 1 fully saturated rings. The number of benzene rings is 1. The van der Waals surface area contributed by atoms with Crippen molar-refractivity contribution in [3.8, 4) is 0 Å². The molecule has 2 aromatic rings. The van der Waals surface area contributed by atoms with Gasteiger partial charge in [-0.25, -0.2) is 13.2 Å². The number of amides is 2. The number of anilines is 1. The van der Waals surface area contributed by atoms with Crippen LogP contribution in [0.4, 0.5) is 18.9 Å². The predicted molar refractivity (Wildman–Crippen MR) is 102 cm³/mol. The molecule has 0 radical (unpaired) electrons. The van der Waals surface area contributed by atoms with Gasteiger partial charge < -0.3 is 10.2 Å². The number of aryl methyl sites for hydroxylation is 2. The number of rotatable bonds is 2. The first-order valence-corrected chi connectivity index (χ1v) is 9.27. The van der Waals surface area contributed by atoms with E-state index in [-0.39, 0.29) is 6.54 Å². The van der Waals surface area contributed by atoms with Crippen LogP contribution in [-0.2, 0) is 9.59 Å². The first-order chi connectivity index (χ1) is 13.6. The summed E-state index contributed by atoms with van der Waals surface area (Å²) in [5.74, 6) is -6.48. The molecule has 0 bridgehead atoms. The SMILES string of the molecule is Cc1cc(NC(=O)C(=O)N2C[C@@H](C)C(F)(F)C[C@@H]2c2ccc(F)cc2)cnc1C. The first kappa shape index (κ1) is 20.8. The van der Waals surface area contributed by atoms with Crippen LogP contribution in [0.1, 0.15) is 36.2 Å². The van der Waals surface area contributed by atoms with Crippen molar-refractivity contribution >= 4 is 17.5 Å². The third-order valence-electron chi connectivity index (χ3n) is 5.34. The van der Waals surface area contributed by atoms with E-state index < -0.39 is 41.9 Å². The maximum absolute atomic E-state index is 14.4. The summed E-state index contributed by atoms with van der Waals surface area (Å²) in [5.41, 5.74) is 2.33. The van der Waals surface area contributed by atoms with E-state index in [0.717, 1.165) is 28.3 Å². The van der Waals surface area contributed by atoms with Crippen molar-refractivity contribution in [2.75, 3.05) is 11.9 Å². The van der Waals surface area contributed by atoms with E-state index in [1.165, 1.54) is 25.3 Å². The van der Waals surface area contributed by atoms with Crippen molar-refractivity contribution in [2.45, 2.75) is 39.2 Å². The van der Waals surface area contributed by atoms with Crippen LogP contribution in [0.15, 0.2) is 36.5 Å². The lowest BCUT2D eigenvalue weighted by Gasteiger charge is -2.42. The molecule has 5 nitrogen and oxygen atoms in total. The Morgan fingerprint density at radius 3 is 2.48 bits per heavy atom. The smallest absolute Gasteiger partial charge is 0.313 e. The number of aromatic nitrogens is 1. The molecule has 3 rings (SSSR count). The second kappa shape index (κ2) is 7.85. The highest BCUT2D eigenvalue weighted by atomic mass is 19.3. The summed E-state index contributed by atoms with van der Waals surface area (Å²) in [6.45, 7) is 4.69. The number of likely N-dealkylation sites (tertiary alicyclic amines) is 1. The molecule has 2 atom stereocenters. The Labute approximate surface area is 166 Å². The Balaban J connectivity index is 1.85. The lowest BCUT2D eigenvalue weighted by molar-refractivity contribution is -0.159. The van der Waals surface area contributed by atoms with E-state index in [4.69, 9.17) is 0 Å². The summed E-state index contributed by atoms with van der Waals surface area (Å²) in [7, 11) is 0. The van der Waals surface area contributed by atoms with Crippen LogP contribution < -0.4 is 5.32 Å². The topological polar surface area (TPSA) is 62.3 Å². The Kier molecular flexibility index (Phi) is 5.64. The normalized spacial score (nSPS) is 21.0. The van der Waals surface area contributed by atoms with E-state index in [0.29, 0.717) is 11.3 Å². The number of hydrogen-bond acceptors (Lipinski definition) is 3. The van der Waals surface area contributed by atoms with E-state index in [9.17, 15) is 22.8 Å². The molecule has 0 spiro atoms. The van der Waals surface area contributed by atoms with Gasteiger partial charge in [0.15, 0.2) is 0 Å². The van der Waals surface area contributed by atoms with Crippen LogP contribution in [0.3, 0.4) is 0 Å². The number of piperidine rings is 1. The van der Waals surface area contributed by atoms with Gasteiger partial charge in [0.2, 0.25) is 0 Å². The Bertz CT molecular complexity index is 931. The standard InChI is InChI=1S/C21H22F3N3O2/c1-12-8-17(10-25-14(12)3)26-19(28)20(29)27-11-13(2)21(23,24)9-18(27)15-4-6-16(22)7-5-15/h4-8,10,13,18H,9,11H2,1-3H3,(H,26,28)/t13-,18-/m1/s1. The molecule has 0 unspecified atom stereocenters. The average molecular weight is 405 g/mol. The fourth-order valence-corrected chi connectivity index (χ4v) is 3.36. The molecule has 8 heteroatoms. The zero-order chi connectivity index (χ0) is 21.3. The molecule has 0 aliphatic carbocycles. The zero-order valence-corrected chi connectivity index (χ0v) is 16.4. The highest BCUT2D eigenvalue weighted by Gasteiger charge is 2.48. The van der Waals surface area contributed by atoms with E-state index in [1.54, 1.807) is 6.07 Å². The molecule has 0 saturated carbocycles. The second-order valence-corrected chi connectivity index (χ2v) is 7.47. The van der Waals surface area contributed by atoms with Gasteiger partial charge in [0.05, 0.1) is 17.9 Å². The molecule has 154 valence electrons. The predicted octanol–water partition coefficient (Wildman–Crippen LogP) is 4.02. The summed E-state index contributed by atoms with van der Waals surface area (Å²) in [4.78, 5) is 30.6. The second-order valence-electron chi connectivity index (χ2n) is 7.47. The van der Waals surface area contributed by atoms with Gasteiger partial charge >= 0.3 is 11.8 Å². The minimum atomic E-state index is -3.01. The van der Waals surface area contributed by atoms with E-state index >= 15 is 0 Å². The number of pyridine rings is 1. The lowest BCUT2D eigenvalue weighted by atomic mass is 9.86. The van der Waals surface area contributed by atoms with Gasteiger partial charge in [-0.2, -0.15) is 0 Å². The number of carbonyl (C=O) groups is 2. The van der Waals surface area contributed by atoms with E-state index in [1.807, 2.05) is 13.8 Å². The van der Waals surface area contributed by atoms with E-state index in [2.05, 4.69) is 10.3 Å². The molecule has 2 amide bonds. The number of carbonyl (C=O) groups excluding carboxylic acids is 2. The number of nitrogens with zero attached hydrogens (tertiary/aromatic N) is 2. The average Bonchev–Trinajstić information content (AvgIpc) is 2.66. The summed E-state index contributed by atoms with van der Waals surface area (Å²) < 4.78 is 42.0. The summed E-state index contributed by atoms with van der Waals surface area (Å²) in [5, 5.41) is 2.48. The molecule has 1 aliphatic rings. The van der Waals surface area contributed by atoms with Crippen molar-refractivity contribution in [2.24, 2.45) is 5.92 Å². The molecule has 1 N–H and O–H groups in total. The van der Waals surface area contributed by atoms with Crippen molar-refractivity contribution in [3.05, 3.63) is 59.2 Å². The summed E-state index contributed by atoms with van der Waals surface area (Å²) in [6, 6.07) is 5.66. The van der Waals surface area contributed by atoms with Crippen LogP contribution in [0.25, 0.3) is 0 Å². The molecule has 1 saturated heterocycles. The highest BCUT2D eigenvalue weighted by Crippen LogP contribution is 2.43. The summed E-state index contributed by atoms with van der Waals surface area (Å²) in [6.07, 6.45) is 0.794. The van der Waals surface area contributed by atoms with Gasteiger partial charge in [-0.15, -0.1) is 0 Å². The first-order valence-electron chi connectivity index (χ1n) is 9.27. The highest BCUT2D eigenvalue weighted by molar-refractivity contribution is 6.39. The molecule has 1 aromatic heterocycles. The van der Waals surface area contributed by atoms with Crippen LogP contribution in [0, 0.1) is 25.6 Å². The zero-order valence-electron chi connectivity index (χ0n) is 16.4. The molecule has 1 aliphatic heterocycles. The van der Waals surface area contributed by atoms with Crippen LogP contribution in [0.5, 0.6) is 0 Å². The molecule has 2 heterocycles. The third kappa shape index (κ3) is 4.41. The number of halogens is 3. The number of alkyl halides is 2. The lowest BCUT2D eigenvalue weighted by Crippen LogP contribution is -2.52. The molecular weight excluding hydrogens is 383 g/mol. The fraction of sp³-hybridized carbons (Fsp3) is 0.381. The minimum Gasteiger partial charge on any atom is -0.327 e. The summed E-state index contributed by atoms with van der Waals surface area (Å²) >= 11 is 0. The van der Waals surface area contributed by atoms with Crippen LogP contribution >= 0.6 is 0 Å². The monoisotopic (exact) mass is 405 g/mol. The molecule has 29 heavy (non-hydrogen) atoms. The minimum absolute atomic E-state index is 0.285. The largest absolute Gasteiger partial charge is 0.327 e. The molecule has 1 aromatic carbocycles.